The lowest BCUT2D eigenvalue weighted by molar-refractivity contribution is -0.143. The van der Waals surface area contributed by atoms with Crippen LogP contribution in [-0.4, -0.2) is 53.7 Å². The molecule has 0 aliphatic heterocycles. The monoisotopic (exact) mass is 562 g/mol. The molecule has 7 heteroatoms. The van der Waals surface area contributed by atoms with Crippen LogP contribution in [0, 0.1) is 11.8 Å². The number of amides is 2. The summed E-state index contributed by atoms with van der Waals surface area (Å²) in [6, 6.07) is 14.6. The molecule has 4 rings (SSSR count). The summed E-state index contributed by atoms with van der Waals surface area (Å²) in [4.78, 5) is 40.5. The normalized spacial score (nSPS) is 17.1. The maximum Gasteiger partial charge on any atom is 0.410 e. The number of carbonyl (C=O) groups is 3. The largest absolute Gasteiger partial charge is 0.480 e. The number of carbonyl (C=O) groups excluding carboxylic acids is 2. The third kappa shape index (κ3) is 7.69. The van der Waals surface area contributed by atoms with Gasteiger partial charge in [0.15, 0.2) is 0 Å². The van der Waals surface area contributed by atoms with E-state index in [4.69, 9.17) is 4.74 Å². The number of hydrogen-bond acceptors (Lipinski definition) is 4. The van der Waals surface area contributed by atoms with Gasteiger partial charge in [-0.2, -0.15) is 0 Å². The van der Waals surface area contributed by atoms with Crippen LogP contribution in [0.25, 0.3) is 11.1 Å². The molecule has 1 fully saturated rings. The van der Waals surface area contributed by atoms with Gasteiger partial charge in [0.25, 0.3) is 0 Å². The van der Waals surface area contributed by atoms with Gasteiger partial charge in [0.2, 0.25) is 5.91 Å². The van der Waals surface area contributed by atoms with Crippen LogP contribution in [0.15, 0.2) is 48.5 Å². The second-order valence-corrected chi connectivity index (χ2v) is 12.1. The number of likely N-dealkylation sites (N-methyl/N-ethyl adjacent to an activating group) is 1. The molecule has 41 heavy (non-hydrogen) atoms. The molecule has 0 radical (unpaired) electrons. The van der Waals surface area contributed by atoms with Crippen molar-refractivity contribution < 1.29 is 24.2 Å². The van der Waals surface area contributed by atoms with Crippen molar-refractivity contribution >= 4 is 18.0 Å². The van der Waals surface area contributed by atoms with Gasteiger partial charge in [0.05, 0.1) is 0 Å². The molecule has 2 aliphatic carbocycles. The number of nitrogens with one attached hydrogen (secondary N) is 1. The Morgan fingerprint density at radius 1 is 1.00 bits per heavy atom. The van der Waals surface area contributed by atoms with Crippen LogP contribution < -0.4 is 5.32 Å². The molecule has 3 atom stereocenters. The van der Waals surface area contributed by atoms with E-state index in [0.717, 1.165) is 67.2 Å². The van der Waals surface area contributed by atoms with Crippen molar-refractivity contribution in [1.82, 2.24) is 10.2 Å². The van der Waals surface area contributed by atoms with E-state index < -0.39 is 30.1 Å². The minimum atomic E-state index is -1.04. The van der Waals surface area contributed by atoms with E-state index in [1.54, 1.807) is 7.05 Å². The zero-order valence-electron chi connectivity index (χ0n) is 24.8. The fourth-order valence-corrected chi connectivity index (χ4v) is 6.56. The molecule has 222 valence electrons. The van der Waals surface area contributed by atoms with Gasteiger partial charge in [-0.1, -0.05) is 114 Å². The Hall–Kier alpha value is -3.35. The van der Waals surface area contributed by atoms with Gasteiger partial charge in [0.1, 0.15) is 18.7 Å². The molecule has 0 heterocycles. The standard InChI is InChI=1S/C34H46N2O5/c1-4-5-13-23(2)20-30(33(38)39)35-32(37)31(21-24-14-7-6-8-15-24)36(3)34(40)41-22-29-27-18-11-9-16-25(27)26-17-10-12-19-28(26)29/h9-12,16-19,23-24,29-31H,4-8,13-15,20-22H2,1-3H3,(H,35,37)(H,38,39)/t23-,30+,31+/m1/s1. The van der Waals surface area contributed by atoms with Crippen molar-refractivity contribution in [3.63, 3.8) is 0 Å². The van der Waals surface area contributed by atoms with E-state index in [0.29, 0.717) is 18.8 Å². The van der Waals surface area contributed by atoms with E-state index in [-0.39, 0.29) is 18.4 Å². The Labute approximate surface area is 244 Å². The molecule has 0 bridgehead atoms. The van der Waals surface area contributed by atoms with Gasteiger partial charge < -0.3 is 15.2 Å². The quantitative estimate of drug-likeness (QED) is 0.274. The molecule has 0 spiro atoms. The highest BCUT2D eigenvalue weighted by Crippen LogP contribution is 2.44. The molecular weight excluding hydrogens is 516 g/mol. The predicted octanol–water partition coefficient (Wildman–Crippen LogP) is 6.99. The second kappa shape index (κ2) is 14.5. The molecule has 2 amide bonds. The smallest absolute Gasteiger partial charge is 0.410 e. The highest BCUT2D eigenvalue weighted by Gasteiger charge is 2.35. The molecular formula is C34H46N2O5. The Morgan fingerprint density at radius 3 is 2.20 bits per heavy atom. The minimum absolute atomic E-state index is 0.0774. The zero-order valence-corrected chi connectivity index (χ0v) is 24.8. The summed E-state index contributed by atoms with van der Waals surface area (Å²) in [5.74, 6) is -1.04. The Morgan fingerprint density at radius 2 is 1.61 bits per heavy atom. The van der Waals surface area contributed by atoms with Crippen LogP contribution in [0.4, 0.5) is 4.79 Å². The first-order valence-electron chi connectivity index (χ1n) is 15.4. The number of unbranched alkanes of at least 4 members (excludes halogenated alkanes) is 1. The summed E-state index contributed by atoms with van der Waals surface area (Å²) < 4.78 is 5.87. The Kier molecular flexibility index (Phi) is 10.8. The van der Waals surface area contributed by atoms with Gasteiger partial charge >= 0.3 is 12.1 Å². The summed E-state index contributed by atoms with van der Waals surface area (Å²) in [5.41, 5.74) is 4.56. The van der Waals surface area contributed by atoms with Crippen LogP contribution in [0.2, 0.25) is 0 Å². The number of carboxylic acid groups (broad SMARTS) is 1. The van der Waals surface area contributed by atoms with Crippen LogP contribution in [0.3, 0.4) is 0 Å². The van der Waals surface area contributed by atoms with Gasteiger partial charge in [0, 0.05) is 13.0 Å². The maximum absolute atomic E-state index is 13.6. The summed E-state index contributed by atoms with van der Waals surface area (Å²) in [6.07, 6.45) is 8.73. The molecule has 1 saturated carbocycles. The maximum atomic E-state index is 13.6. The van der Waals surface area contributed by atoms with Crippen molar-refractivity contribution in [2.45, 2.75) is 96.1 Å². The van der Waals surface area contributed by atoms with E-state index in [1.807, 2.05) is 31.2 Å². The minimum Gasteiger partial charge on any atom is -0.480 e. The number of fused-ring (bicyclic) bond motifs is 3. The fourth-order valence-electron chi connectivity index (χ4n) is 6.56. The number of hydrogen-bond donors (Lipinski definition) is 2. The summed E-state index contributed by atoms with van der Waals surface area (Å²) in [7, 11) is 1.60. The first-order chi connectivity index (χ1) is 19.8. The van der Waals surface area contributed by atoms with Crippen molar-refractivity contribution in [2.75, 3.05) is 13.7 Å². The molecule has 2 aromatic carbocycles. The Balaban J connectivity index is 1.46. The van der Waals surface area contributed by atoms with Crippen molar-refractivity contribution in [3.8, 4) is 11.1 Å². The lowest BCUT2D eigenvalue weighted by Crippen LogP contribution is -2.53. The molecule has 7 nitrogen and oxygen atoms in total. The molecule has 0 aromatic heterocycles. The molecule has 0 unspecified atom stereocenters. The van der Waals surface area contributed by atoms with Crippen molar-refractivity contribution in [3.05, 3.63) is 59.7 Å². The van der Waals surface area contributed by atoms with Gasteiger partial charge in [-0.05, 0) is 46.9 Å². The molecule has 0 saturated heterocycles. The number of ether oxygens (including phenoxy) is 1. The van der Waals surface area contributed by atoms with Crippen molar-refractivity contribution in [2.24, 2.45) is 11.8 Å². The average Bonchev–Trinajstić information content (AvgIpc) is 3.30. The number of carboxylic acids is 1. The average molecular weight is 563 g/mol. The highest BCUT2D eigenvalue weighted by atomic mass is 16.6. The summed E-state index contributed by atoms with van der Waals surface area (Å²) in [6.45, 7) is 4.31. The van der Waals surface area contributed by atoms with Crippen LogP contribution >= 0.6 is 0 Å². The van der Waals surface area contributed by atoms with Crippen molar-refractivity contribution in [1.29, 1.82) is 0 Å². The topological polar surface area (TPSA) is 95.9 Å². The van der Waals surface area contributed by atoms with Gasteiger partial charge in [-0.3, -0.25) is 9.69 Å². The van der Waals surface area contributed by atoms with E-state index >= 15 is 0 Å². The number of rotatable bonds is 13. The third-order valence-electron chi connectivity index (χ3n) is 8.98. The van der Waals surface area contributed by atoms with E-state index in [2.05, 4.69) is 36.5 Å². The Bertz CT molecular complexity index is 1150. The first-order valence-corrected chi connectivity index (χ1v) is 15.4. The van der Waals surface area contributed by atoms with Gasteiger partial charge in [-0.15, -0.1) is 0 Å². The lowest BCUT2D eigenvalue weighted by atomic mass is 9.84. The SMILES string of the molecule is CCCC[C@@H](C)C[C@H](NC(=O)[C@H](CC1CCCCC1)N(C)C(=O)OCC1c2ccccc2-c2ccccc21)C(=O)O. The first kappa shape index (κ1) is 30.6. The lowest BCUT2D eigenvalue weighted by Gasteiger charge is -2.32. The fraction of sp³-hybridized carbons (Fsp3) is 0.559. The summed E-state index contributed by atoms with van der Waals surface area (Å²) in [5, 5.41) is 12.7. The molecule has 2 N–H and O–H groups in total. The van der Waals surface area contributed by atoms with E-state index in [9.17, 15) is 19.5 Å². The second-order valence-electron chi connectivity index (χ2n) is 12.1. The molecule has 2 aliphatic rings. The van der Waals surface area contributed by atoms with Crippen LogP contribution in [0.1, 0.15) is 95.1 Å². The predicted molar refractivity (Wildman–Crippen MR) is 161 cm³/mol. The zero-order chi connectivity index (χ0) is 29.4. The summed E-state index contributed by atoms with van der Waals surface area (Å²) >= 11 is 0. The van der Waals surface area contributed by atoms with Crippen LogP contribution in [0.5, 0.6) is 0 Å². The van der Waals surface area contributed by atoms with Gasteiger partial charge in [-0.25, -0.2) is 9.59 Å². The number of aliphatic carboxylic acids is 1. The molecule has 2 aromatic rings. The van der Waals surface area contributed by atoms with E-state index in [1.165, 1.54) is 11.3 Å². The highest BCUT2D eigenvalue weighted by molar-refractivity contribution is 5.89. The third-order valence-corrected chi connectivity index (χ3v) is 8.98. The number of nitrogens with zero attached hydrogens (tertiary/aromatic N) is 1. The number of benzene rings is 2. The van der Waals surface area contributed by atoms with Crippen LogP contribution in [-0.2, 0) is 14.3 Å².